The van der Waals surface area contributed by atoms with Crippen LogP contribution in [-0.4, -0.2) is 74.9 Å². The van der Waals surface area contributed by atoms with Gasteiger partial charge in [-0.25, -0.2) is 0 Å². The van der Waals surface area contributed by atoms with E-state index < -0.39 is 0 Å². The van der Waals surface area contributed by atoms with Gasteiger partial charge in [0.1, 0.15) is 5.75 Å². The zero-order valence-electron chi connectivity index (χ0n) is 24.2. The molecule has 5 rings (SSSR count). The average molecular weight is 576 g/mol. The van der Waals surface area contributed by atoms with Gasteiger partial charge in [-0.15, -0.1) is 10.2 Å². The molecule has 3 aromatic rings. The van der Waals surface area contributed by atoms with Crippen molar-refractivity contribution < 1.29 is 14.3 Å². The third-order valence-corrected chi connectivity index (χ3v) is 9.30. The molecule has 1 saturated carbocycles. The Morgan fingerprint density at radius 2 is 1.78 bits per heavy atom. The molecule has 1 aliphatic carbocycles. The van der Waals surface area contributed by atoms with E-state index in [1.807, 2.05) is 64.4 Å². The summed E-state index contributed by atoms with van der Waals surface area (Å²) in [5.74, 6) is 3.41. The Morgan fingerprint density at radius 1 is 0.976 bits per heavy atom. The number of rotatable bonds is 11. The fraction of sp³-hybridized carbons (Fsp3) is 0.500. The SMILES string of the molecule is COc1cccc(-c2nnc(SCCCC(=O)N3CCN(C(=O)CCC4CCCC4)C(C)C3)n2-c2ccccc2)c1. The number of para-hydroxylation sites is 1. The van der Waals surface area contributed by atoms with Crippen LogP contribution in [0.5, 0.6) is 5.75 Å². The molecule has 2 heterocycles. The summed E-state index contributed by atoms with van der Waals surface area (Å²) in [5.41, 5.74) is 1.91. The number of aromatic nitrogens is 3. The van der Waals surface area contributed by atoms with Crippen LogP contribution in [0, 0.1) is 5.92 Å². The van der Waals surface area contributed by atoms with Gasteiger partial charge < -0.3 is 14.5 Å². The van der Waals surface area contributed by atoms with Crippen LogP contribution >= 0.6 is 11.8 Å². The molecule has 0 bridgehead atoms. The number of piperazine rings is 1. The van der Waals surface area contributed by atoms with Crippen LogP contribution in [0.2, 0.25) is 0 Å². The fourth-order valence-electron chi connectivity index (χ4n) is 5.99. The number of carbonyl (C=O) groups is 2. The first-order valence-electron chi connectivity index (χ1n) is 14.9. The molecule has 0 N–H and O–H groups in total. The number of hydrogen-bond acceptors (Lipinski definition) is 6. The number of thioether (sulfide) groups is 1. The summed E-state index contributed by atoms with van der Waals surface area (Å²) in [6.07, 6.45) is 8.06. The first-order chi connectivity index (χ1) is 20.0. The summed E-state index contributed by atoms with van der Waals surface area (Å²) < 4.78 is 7.48. The van der Waals surface area contributed by atoms with Gasteiger partial charge in [0.25, 0.3) is 0 Å². The minimum absolute atomic E-state index is 0.0672. The molecular weight excluding hydrogens is 534 g/mol. The third kappa shape index (κ3) is 7.31. The lowest BCUT2D eigenvalue weighted by molar-refractivity contribution is -0.142. The van der Waals surface area contributed by atoms with Crippen molar-refractivity contribution in [2.45, 2.75) is 69.5 Å². The molecule has 1 aliphatic heterocycles. The monoisotopic (exact) mass is 575 g/mol. The zero-order chi connectivity index (χ0) is 28.6. The van der Waals surface area contributed by atoms with Gasteiger partial charge in [0.15, 0.2) is 11.0 Å². The summed E-state index contributed by atoms with van der Waals surface area (Å²) in [4.78, 5) is 29.8. The van der Waals surface area contributed by atoms with Crippen molar-refractivity contribution in [1.29, 1.82) is 0 Å². The quantitative estimate of drug-likeness (QED) is 0.211. The van der Waals surface area contributed by atoms with Crippen molar-refractivity contribution in [3.05, 3.63) is 54.6 Å². The van der Waals surface area contributed by atoms with Gasteiger partial charge in [0.2, 0.25) is 11.8 Å². The van der Waals surface area contributed by atoms with Crippen molar-refractivity contribution in [3.8, 4) is 22.8 Å². The molecule has 1 atom stereocenters. The van der Waals surface area contributed by atoms with E-state index in [0.717, 1.165) is 52.5 Å². The second-order valence-electron chi connectivity index (χ2n) is 11.1. The summed E-state index contributed by atoms with van der Waals surface area (Å²) in [6.45, 7) is 3.95. The van der Waals surface area contributed by atoms with Crippen LogP contribution in [-0.2, 0) is 9.59 Å². The van der Waals surface area contributed by atoms with Crippen LogP contribution in [0.15, 0.2) is 59.8 Å². The minimum Gasteiger partial charge on any atom is -0.497 e. The fourth-order valence-corrected chi connectivity index (χ4v) is 6.88. The number of nitrogens with zero attached hydrogens (tertiary/aromatic N) is 5. The van der Waals surface area contributed by atoms with E-state index >= 15 is 0 Å². The topological polar surface area (TPSA) is 80.6 Å². The summed E-state index contributed by atoms with van der Waals surface area (Å²) >= 11 is 1.61. The van der Waals surface area contributed by atoms with Crippen molar-refractivity contribution in [2.75, 3.05) is 32.5 Å². The van der Waals surface area contributed by atoms with Gasteiger partial charge >= 0.3 is 0 Å². The van der Waals surface area contributed by atoms with Crippen LogP contribution in [0.3, 0.4) is 0 Å². The van der Waals surface area contributed by atoms with E-state index in [0.29, 0.717) is 32.5 Å². The number of amides is 2. The minimum atomic E-state index is 0.0672. The van der Waals surface area contributed by atoms with E-state index in [4.69, 9.17) is 4.74 Å². The van der Waals surface area contributed by atoms with Gasteiger partial charge in [0.05, 0.1) is 7.11 Å². The number of benzene rings is 2. The highest BCUT2D eigenvalue weighted by atomic mass is 32.2. The van der Waals surface area contributed by atoms with Crippen LogP contribution < -0.4 is 4.74 Å². The Kier molecular flexibility index (Phi) is 9.98. The average Bonchev–Trinajstić information content (AvgIpc) is 3.69. The molecule has 1 unspecified atom stereocenters. The number of hydrogen-bond donors (Lipinski definition) is 0. The highest BCUT2D eigenvalue weighted by Gasteiger charge is 2.30. The Balaban J connectivity index is 1.13. The van der Waals surface area contributed by atoms with E-state index in [2.05, 4.69) is 21.7 Å². The molecule has 0 radical (unpaired) electrons. The number of methoxy groups -OCH3 is 1. The Labute approximate surface area is 247 Å². The second-order valence-corrected chi connectivity index (χ2v) is 12.2. The lowest BCUT2D eigenvalue weighted by Gasteiger charge is -2.40. The largest absolute Gasteiger partial charge is 0.497 e. The standard InChI is InChI=1S/C32H41N5O3S/c1-24-23-35(19-20-36(24)30(39)18-17-25-10-6-7-11-25)29(38)16-9-21-41-32-34-33-31(26-12-8-15-28(22-26)40-2)37(32)27-13-4-3-5-14-27/h3-5,8,12-15,22,24-25H,6-7,9-11,16-21,23H2,1-2H3. The summed E-state index contributed by atoms with van der Waals surface area (Å²) in [7, 11) is 1.65. The maximum atomic E-state index is 13.0. The van der Waals surface area contributed by atoms with Crippen LogP contribution in [0.25, 0.3) is 17.1 Å². The van der Waals surface area contributed by atoms with E-state index in [1.54, 1.807) is 18.9 Å². The van der Waals surface area contributed by atoms with Gasteiger partial charge in [-0.3, -0.25) is 14.2 Å². The molecule has 1 saturated heterocycles. The molecule has 8 nitrogen and oxygen atoms in total. The molecule has 0 spiro atoms. The van der Waals surface area contributed by atoms with Gasteiger partial charge in [-0.2, -0.15) is 0 Å². The molecule has 1 aromatic heterocycles. The lowest BCUT2D eigenvalue weighted by atomic mass is 10.0. The van der Waals surface area contributed by atoms with Crippen molar-refractivity contribution in [1.82, 2.24) is 24.6 Å². The van der Waals surface area contributed by atoms with E-state index in [-0.39, 0.29) is 17.9 Å². The van der Waals surface area contributed by atoms with Crippen molar-refractivity contribution in [3.63, 3.8) is 0 Å². The first-order valence-corrected chi connectivity index (χ1v) is 15.9. The predicted molar refractivity (Wildman–Crippen MR) is 162 cm³/mol. The number of ether oxygens (including phenoxy) is 1. The highest BCUT2D eigenvalue weighted by Crippen LogP contribution is 2.31. The normalized spacial score (nSPS) is 17.7. The Bertz CT molecular complexity index is 1310. The first kappa shape index (κ1) is 29.2. The smallest absolute Gasteiger partial charge is 0.222 e. The third-order valence-electron chi connectivity index (χ3n) is 8.28. The van der Waals surface area contributed by atoms with Gasteiger partial charge in [-0.05, 0) is 49.9 Å². The van der Waals surface area contributed by atoms with Gasteiger partial charge in [0, 0.05) is 55.5 Å². The van der Waals surface area contributed by atoms with Crippen LogP contribution in [0.1, 0.15) is 58.3 Å². The maximum absolute atomic E-state index is 13.0. The Hall–Kier alpha value is -3.33. The van der Waals surface area contributed by atoms with Crippen LogP contribution in [0.4, 0.5) is 0 Å². The highest BCUT2D eigenvalue weighted by molar-refractivity contribution is 7.99. The zero-order valence-corrected chi connectivity index (χ0v) is 25.0. The molecule has 2 aliphatic rings. The predicted octanol–water partition coefficient (Wildman–Crippen LogP) is 5.84. The molecular formula is C32H41N5O3S. The van der Waals surface area contributed by atoms with E-state index in [9.17, 15) is 9.59 Å². The lowest BCUT2D eigenvalue weighted by Crippen LogP contribution is -2.55. The second kappa shape index (κ2) is 14.0. The number of carbonyl (C=O) groups excluding carboxylic acids is 2. The van der Waals surface area contributed by atoms with E-state index in [1.165, 1.54) is 25.7 Å². The van der Waals surface area contributed by atoms with Crippen molar-refractivity contribution >= 4 is 23.6 Å². The molecule has 2 amide bonds. The van der Waals surface area contributed by atoms with Crippen molar-refractivity contribution in [2.24, 2.45) is 5.92 Å². The summed E-state index contributed by atoms with van der Waals surface area (Å²) in [6, 6.07) is 18.0. The molecule has 41 heavy (non-hydrogen) atoms. The molecule has 9 heteroatoms. The molecule has 218 valence electrons. The maximum Gasteiger partial charge on any atom is 0.222 e. The Morgan fingerprint density at radius 3 is 2.54 bits per heavy atom. The summed E-state index contributed by atoms with van der Waals surface area (Å²) in [5, 5.41) is 9.82. The molecule has 2 fully saturated rings. The molecule has 2 aromatic carbocycles. The van der Waals surface area contributed by atoms with Gasteiger partial charge in [-0.1, -0.05) is 67.8 Å².